The van der Waals surface area contributed by atoms with Gasteiger partial charge in [-0.3, -0.25) is 9.36 Å². The SMILES string of the molecule is CC(C)CCCCCCCCCCCCCCCOC(=O)CCCCCCCCCCCCCCC(C)C.CCCCCCCCCCCCCCCCOP(=O)([O-])OCCCCCCCCCCCCCCCC.[K+]. The zero-order chi connectivity index (χ0) is 55.1. The Kier molecular flexibility index (Phi) is 75.5. The molecule has 0 spiro atoms. The number of phosphoric ester groups is 1. The number of carbonyl (C=O) groups excluding carboxylic acids is 1. The molecule has 0 amide bonds. The molecule has 0 saturated heterocycles. The summed E-state index contributed by atoms with van der Waals surface area (Å²) in [6.07, 6.45) is 73.3. The molecule has 6 nitrogen and oxygen atoms in total. The summed E-state index contributed by atoms with van der Waals surface area (Å²) in [5, 5.41) is 0. The smallest absolute Gasteiger partial charge is 0.756 e. The molecule has 0 saturated carbocycles. The third kappa shape index (κ3) is 77.3. The molecule has 452 valence electrons. The van der Waals surface area contributed by atoms with Crippen molar-refractivity contribution in [1.29, 1.82) is 0 Å². The third-order valence-corrected chi connectivity index (χ3v) is 16.6. The van der Waals surface area contributed by atoms with Gasteiger partial charge in [0.15, 0.2) is 0 Å². The quantitative estimate of drug-likeness (QED) is 0.0261. The van der Waals surface area contributed by atoms with Gasteiger partial charge >= 0.3 is 57.4 Å². The van der Waals surface area contributed by atoms with Crippen LogP contribution in [0.3, 0.4) is 0 Å². The molecule has 0 heterocycles. The van der Waals surface area contributed by atoms with E-state index in [1.807, 2.05) is 0 Å². The summed E-state index contributed by atoms with van der Waals surface area (Å²) in [5.41, 5.74) is 0. The minimum atomic E-state index is -4.12. The maximum Gasteiger partial charge on any atom is 1.00 e. The monoisotopic (exact) mass is 1120 g/mol. The van der Waals surface area contributed by atoms with Crippen LogP contribution in [0.1, 0.15) is 401 Å². The normalized spacial score (nSPS) is 11.6. The number of carbonyl (C=O) groups is 1. The first-order valence-electron chi connectivity index (χ1n) is 34.4. The van der Waals surface area contributed by atoms with Crippen LogP contribution in [-0.4, -0.2) is 25.8 Å². The Morgan fingerprint density at radius 1 is 0.316 bits per heavy atom. The molecule has 8 heteroatoms. The molecule has 0 atom stereocenters. The van der Waals surface area contributed by atoms with E-state index in [0.717, 1.165) is 50.4 Å². The fourth-order valence-corrected chi connectivity index (χ4v) is 11.2. The predicted molar refractivity (Wildman–Crippen MR) is 330 cm³/mol. The van der Waals surface area contributed by atoms with E-state index in [1.165, 1.54) is 315 Å². The van der Waals surface area contributed by atoms with E-state index in [1.54, 1.807) is 0 Å². The van der Waals surface area contributed by atoms with Gasteiger partial charge in [0, 0.05) is 6.42 Å². The zero-order valence-electron chi connectivity index (χ0n) is 53.3. The Hall–Kier alpha value is 1.22. The summed E-state index contributed by atoms with van der Waals surface area (Å²) in [5.74, 6) is 1.77. The van der Waals surface area contributed by atoms with Gasteiger partial charge in [0.05, 0.1) is 19.8 Å². The summed E-state index contributed by atoms with van der Waals surface area (Å²) in [6, 6.07) is 0. The van der Waals surface area contributed by atoms with Crippen molar-refractivity contribution in [3.8, 4) is 0 Å². The second-order valence-electron chi connectivity index (χ2n) is 24.5. The molecule has 0 aromatic carbocycles. The average molecular weight is 1120 g/mol. The molecule has 0 aliphatic heterocycles. The maximum atomic E-state index is 11.9. The van der Waals surface area contributed by atoms with Gasteiger partial charge in [-0.15, -0.1) is 0 Å². The molecule has 76 heavy (non-hydrogen) atoms. The van der Waals surface area contributed by atoms with Crippen molar-refractivity contribution < 1.29 is 79.4 Å². The number of unbranched alkanes of at least 4 members (excludes halogenated alkanes) is 49. The second-order valence-corrected chi connectivity index (χ2v) is 25.9. The Morgan fingerprint density at radius 2 is 0.513 bits per heavy atom. The van der Waals surface area contributed by atoms with Gasteiger partial charge in [0.1, 0.15) is 0 Å². The third-order valence-electron chi connectivity index (χ3n) is 15.6. The van der Waals surface area contributed by atoms with Gasteiger partial charge in [0.25, 0.3) is 7.82 Å². The molecule has 0 aromatic rings. The number of phosphoric acid groups is 1. The van der Waals surface area contributed by atoms with Gasteiger partial charge in [0.2, 0.25) is 0 Å². The Labute approximate surface area is 521 Å². The number of hydrogen-bond acceptors (Lipinski definition) is 6. The van der Waals surface area contributed by atoms with E-state index in [4.69, 9.17) is 13.8 Å². The predicted octanol–water partition coefficient (Wildman–Crippen LogP) is 21.2. The van der Waals surface area contributed by atoms with Gasteiger partial charge < -0.3 is 18.7 Å². The number of hydrogen-bond donors (Lipinski definition) is 0. The van der Waals surface area contributed by atoms with E-state index in [2.05, 4.69) is 41.5 Å². The van der Waals surface area contributed by atoms with Crippen molar-refractivity contribution in [3.05, 3.63) is 0 Å². The minimum absolute atomic E-state index is 0. The molecular formula is C68H138KO6P. The van der Waals surface area contributed by atoms with Crippen molar-refractivity contribution in [3.63, 3.8) is 0 Å². The summed E-state index contributed by atoms with van der Waals surface area (Å²) >= 11 is 0. The Bertz CT molecular complexity index is 1070. The molecule has 0 unspecified atom stereocenters. The standard InChI is InChI=1S/C36H72O2.C32H67O4P.K/c1-34(2)30-26-22-18-14-10-6-5-9-13-17-21-25-29-33-38-36(37)32-28-24-20-16-12-8-7-11-15-19-23-27-31-35(3)4;1-3-5-7-9-11-13-15-17-19-21-23-25-27-29-31-35-37(33,34)36-32-30-28-26-24-22-20-18-16-14-12-10-8-6-4-2;/h34-35H,5-33H2,1-4H3;3-32H2,1-2H3,(H,33,34);/q;;+1/p-1. The summed E-state index contributed by atoms with van der Waals surface area (Å²) < 4.78 is 27.4. The molecular weight excluding hydrogens is 983 g/mol. The summed E-state index contributed by atoms with van der Waals surface area (Å²) in [4.78, 5) is 23.8. The zero-order valence-corrected chi connectivity index (χ0v) is 57.3. The van der Waals surface area contributed by atoms with Crippen LogP contribution in [0.15, 0.2) is 0 Å². The fraction of sp³-hybridized carbons (Fsp3) is 0.985. The molecule has 0 N–H and O–H groups in total. The molecule has 0 radical (unpaired) electrons. The fourth-order valence-electron chi connectivity index (χ4n) is 10.4. The molecule has 0 rings (SSSR count). The van der Waals surface area contributed by atoms with E-state index in [0.29, 0.717) is 13.0 Å². The van der Waals surface area contributed by atoms with Gasteiger partial charge in [-0.2, -0.15) is 0 Å². The average Bonchev–Trinajstić information content (AvgIpc) is 3.38. The molecule has 0 fully saturated rings. The van der Waals surface area contributed by atoms with Crippen LogP contribution in [0, 0.1) is 11.8 Å². The van der Waals surface area contributed by atoms with Gasteiger partial charge in [-0.1, -0.05) is 369 Å². The topological polar surface area (TPSA) is 84.9 Å². The number of esters is 1. The van der Waals surface area contributed by atoms with Crippen molar-refractivity contribution in [2.75, 3.05) is 19.8 Å². The Morgan fingerprint density at radius 3 is 0.750 bits per heavy atom. The number of rotatable bonds is 63. The van der Waals surface area contributed by atoms with Crippen LogP contribution >= 0.6 is 7.82 Å². The first-order valence-corrected chi connectivity index (χ1v) is 35.9. The van der Waals surface area contributed by atoms with Gasteiger partial charge in [-0.25, -0.2) is 0 Å². The van der Waals surface area contributed by atoms with Crippen LogP contribution in [-0.2, 0) is 23.1 Å². The van der Waals surface area contributed by atoms with Crippen LogP contribution in [0.5, 0.6) is 0 Å². The van der Waals surface area contributed by atoms with Crippen LogP contribution in [0.2, 0.25) is 0 Å². The van der Waals surface area contributed by atoms with Crippen molar-refractivity contribution in [1.82, 2.24) is 0 Å². The molecule has 0 aliphatic rings. The first-order chi connectivity index (χ1) is 36.6. The van der Waals surface area contributed by atoms with Crippen molar-refractivity contribution in [2.45, 2.75) is 401 Å². The maximum absolute atomic E-state index is 11.9. The largest absolute Gasteiger partial charge is 1.00 e. The van der Waals surface area contributed by atoms with E-state index in [-0.39, 0.29) is 70.6 Å². The van der Waals surface area contributed by atoms with E-state index < -0.39 is 7.82 Å². The minimum Gasteiger partial charge on any atom is -0.756 e. The van der Waals surface area contributed by atoms with E-state index >= 15 is 0 Å². The van der Waals surface area contributed by atoms with Crippen LogP contribution in [0.25, 0.3) is 0 Å². The molecule has 0 aliphatic carbocycles. The first kappa shape index (κ1) is 81.4. The summed E-state index contributed by atoms with van der Waals surface area (Å²) in [6.45, 7) is 15.0. The van der Waals surface area contributed by atoms with Crippen LogP contribution < -0.4 is 56.3 Å². The van der Waals surface area contributed by atoms with Crippen molar-refractivity contribution in [2.24, 2.45) is 11.8 Å². The Balaban J connectivity index is -0.00000138. The number of ether oxygens (including phenoxy) is 1. The molecule has 0 aromatic heterocycles. The van der Waals surface area contributed by atoms with Gasteiger partial charge in [-0.05, 0) is 37.5 Å². The second kappa shape index (κ2) is 70.5. The van der Waals surface area contributed by atoms with Crippen LogP contribution in [0.4, 0.5) is 0 Å². The molecule has 0 bridgehead atoms. The summed E-state index contributed by atoms with van der Waals surface area (Å²) in [7, 11) is -4.12. The van der Waals surface area contributed by atoms with Crippen molar-refractivity contribution >= 4 is 13.8 Å². The van der Waals surface area contributed by atoms with E-state index in [9.17, 15) is 14.3 Å².